The first-order valence-corrected chi connectivity index (χ1v) is 14.1. The molecule has 5 nitrogen and oxygen atoms in total. The van der Waals surface area contributed by atoms with Crippen LogP contribution in [0.25, 0.3) is 22.2 Å². The van der Waals surface area contributed by atoms with E-state index < -0.39 is 5.97 Å². The molecule has 0 unspecified atom stereocenters. The number of piperidine rings is 1. The molecule has 0 bridgehead atoms. The lowest BCUT2D eigenvalue weighted by Gasteiger charge is -2.35. The van der Waals surface area contributed by atoms with E-state index in [0.29, 0.717) is 11.5 Å². The lowest BCUT2D eigenvalue weighted by molar-refractivity contribution is 0.0697. The molecular formula is C31H39N3O2. The van der Waals surface area contributed by atoms with Crippen molar-refractivity contribution in [1.29, 1.82) is 0 Å². The van der Waals surface area contributed by atoms with Crippen LogP contribution in [0.2, 0.25) is 0 Å². The Balaban J connectivity index is 1.45. The van der Waals surface area contributed by atoms with Crippen LogP contribution in [-0.2, 0) is 6.54 Å². The van der Waals surface area contributed by atoms with Crippen molar-refractivity contribution in [3.63, 3.8) is 0 Å². The fourth-order valence-corrected chi connectivity index (χ4v) is 7.11. The smallest absolute Gasteiger partial charge is 0.335 e. The van der Waals surface area contributed by atoms with E-state index >= 15 is 0 Å². The number of para-hydroxylation sites is 1. The van der Waals surface area contributed by atoms with Gasteiger partial charge in [0.05, 0.1) is 11.3 Å². The molecule has 2 aliphatic heterocycles. The van der Waals surface area contributed by atoms with Crippen molar-refractivity contribution in [2.45, 2.75) is 64.3 Å². The normalized spacial score (nSPS) is 19.8. The van der Waals surface area contributed by atoms with Gasteiger partial charge in [0.2, 0.25) is 0 Å². The highest BCUT2D eigenvalue weighted by atomic mass is 16.4. The number of carbonyl (C=O) groups is 1. The highest BCUT2D eigenvalue weighted by Crippen LogP contribution is 2.47. The van der Waals surface area contributed by atoms with Gasteiger partial charge in [0.25, 0.3) is 0 Å². The molecule has 0 atom stereocenters. The predicted octanol–water partition coefficient (Wildman–Crippen LogP) is 6.61. The topological polar surface area (TPSA) is 48.7 Å². The zero-order valence-corrected chi connectivity index (χ0v) is 21.6. The number of carboxylic acid groups (broad SMARTS) is 1. The van der Waals surface area contributed by atoms with Gasteiger partial charge in [-0.25, -0.2) is 4.79 Å². The number of anilines is 1. The van der Waals surface area contributed by atoms with E-state index in [9.17, 15) is 9.90 Å². The Hall–Kier alpha value is -2.79. The van der Waals surface area contributed by atoms with Gasteiger partial charge in [-0.2, -0.15) is 0 Å². The molecule has 2 fully saturated rings. The number of aromatic nitrogens is 1. The van der Waals surface area contributed by atoms with Crippen LogP contribution in [-0.4, -0.2) is 53.3 Å². The van der Waals surface area contributed by atoms with Gasteiger partial charge < -0.3 is 19.5 Å². The standard InChI is InChI=1S/C31H39N3O2/c1-2-32-16-14-22(15-17-32)21-33-18-19-34-28-20-24(31(35)36)12-13-25(28)29(23-8-4-3-5-9-23)30(34)26-10-6-7-11-27(26)33/h6-7,10-13,20,22-23H,2-5,8-9,14-19,21H2,1H3,(H,35,36). The SMILES string of the molecule is CCN1CCC(CN2CCn3c(c(C4CCCCC4)c4ccc(C(=O)O)cc43)-c3ccccc32)CC1. The zero-order valence-electron chi connectivity index (χ0n) is 21.6. The number of fused-ring (bicyclic) bond motifs is 5. The van der Waals surface area contributed by atoms with Crippen LogP contribution < -0.4 is 4.90 Å². The molecular weight excluding hydrogens is 446 g/mol. The molecule has 1 aliphatic carbocycles. The number of likely N-dealkylation sites (tertiary alicyclic amines) is 1. The van der Waals surface area contributed by atoms with Crippen LogP contribution in [0.1, 0.15) is 73.7 Å². The van der Waals surface area contributed by atoms with Crippen molar-refractivity contribution < 1.29 is 9.90 Å². The molecule has 190 valence electrons. The molecule has 0 radical (unpaired) electrons. The number of nitrogens with zero attached hydrogens (tertiary/aromatic N) is 3. The second-order valence-corrected chi connectivity index (χ2v) is 11.1. The summed E-state index contributed by atoms with van der Waals surface area (Å²) in [5, 5.41) is 11.0. The number of carboxylic acids is 1. The summed E-state index contributed by atoms with van der Waals surface area (Å²) >= 11 is 0. The molecule has 6 rings (SSSR count). The van der Waals surface area contributed by atoms with E-state index in [2.05, 4.69) is 51.6 Å². The third-order valence-electron chi connectivity index (χ3n) is 9.09. The monoisotopic (exact) mass is 485 g/mol. The summed E-state index contributed by atoms with van der Waals surface area (Å²) in [4.78, 5) is 17.1. The van der Waals surface area contributed by atoms with Crippen molar-refractivity contribution in [1.82, 2.24) is 9.47 Å². The maximum atomic E-state index is 11.9. The predicted molar refractivity (Wildman–Crippen MR) is 147 cm³/mol. The molecule has 1 saturated heterocycles. The van der Waals surface area contributed by atoms with E-state index in [4.69, 9.17) is 0 Å². The zero-order chi connectivity index (χ0) is 24.6. The van der Waals surface area contributed by atoms with Crippen LogP contribution in [0.5, 0.6) is 0 Å². The average molecular weight is 486 g/mol. The van der Waals surface area contributed by atoms with Gasteiger partial charge in [0.1, 0.15) is 0 Å². The molecule has 1 saturated carbocycles. The van der Waals surface area contributed by atoms with Gasteiger partial charge in [0, 0.05) is 41.8 Å². The summed E-state index contributed by atoms with van der Waals surface area (Å²) < 4.78 is 2.46. The minimum atomic E-state index is -0.847. The first-order chi connectivity index (χ1) is 17.6. The number of aromatic carboxylic acids is 1. The first-order valence-electron chi connectivity index (χ1n) is 14.1. The van der Waals surface area contributed by atoms with Gasteiger partial charge in [-0.3, -0.25) is 0 Å². The Morgan fingerprint density at radius 2 is 1.72 bits per heavy atom. The molecule has 36 heavy (non-hydrogen) atoms. The number of rotatable bonds is 5. The number of hydrogen-bond acceptors (Lipinski definition) is 3. The fraction of sp³-hybridized carbons (Fsp3) is 0.516. The molecule has 5 heteroatoms. The van der Waals surface area contributed by atoms with E-state index in [1.54, 1.807) is 6.07 Å². The number of benzene rings is 2. The minimum Gasteiger partial charge on any atom is -0.478 e. The highest BCUT2D eigenvalue weighted by Gasteiger charge is 2.31. The van der Waals surface area contributed by atoms with E-state index in [1.165, 1.54) is 85.9 Å². The third-order valence-corrected chi connectivity index (χ3v) is 9.09. The molecule has 2 aromatic carbocycles. The summed E-state index contributed by atoms with van der Waals surface area (Å²) in [6.45, 7) is 8.81. The molecule has 3 aliphatic rings. The van der Waals surface area contributed by atoms with Crippen molar-refractivity contribution >= 4 is 22.6 Å². The quantitative estimate of drug-likeness (QED) is 0.442. The minimum absolute atomic E-state index is 0.384. The van der Waals surface area contributed by atoms with Crippen LogP contribution in [0.3, 0.4) is 0 Å². The van der Waals surface area contributed by atoms with Crippen molar-refractivity contribution in [3.8, 4) is 11.3 Å². The van der Waals surface area contributed by atoms with Gasteiger partial charge in [-0.05, 0) is 80.9 Å². The molecule has 0 spiro atoms. The van der Waals surface area contributed by atoms with Crippen molar-refractivity contribution in [2.75, 3.05) is 37.6 Å². The molecule has 3 aromatic rings. The Morgan fingerprint density at radius 1 is 0.944 bits per heavy atom. The van der Waals surface area contributed by atoms with Crippen molar-refractivity contribution in [2.24, 2.45) is 5.92 Å². The molecule has 1 aromatic heterocycles. The Labute approximate surface area is 214 Å². The maximum absolute atomic E-state index is 11.9. The Bertz CT molecular complexity index is 1250. The summed E-state index contributed by atoms with van der Waals surface area (Å²) in [5.41, 5.74) is 6.97. The first kappa shape index (κ1) is 23.6. The Morgan fingerprint density at radius 3 is 2.47 bits per heavy atom. The summed E-state index contributed by atoms with van der Waals surface area (Å²) in [6, 6.07) is 14.8. The van der Waals surface area contributed by atoms with E-state index in [1.807, 2.05) is 6.07 Å². The second-order valence-electron chi connectivity index (χ2n) is 11.1. The molecule has 1 N–H and O–H groups in total. The highest BCUT2D eigenvalue weighted by molar-refractivity contribution is 5.99. The summed E-state index contributed by atoms with van der Waals surface area (Å²) in [7, 11) is 0. The lowest BCUT2D eigenvalue weighted by Crippen LogP contribution is -2.39. The molecule has 3 heterocycles. The summed E-state index contributed by atoms with van der Waals surface area (Å²) in [5.74, 6) is 0.429. The van der Waals surface area contributed by atoms with E-state index in [-0.39, 0.29) is 0 Å². The van der Waals surface area contributed by atoms with Crippen LogP contribution in [0.4, 0.5) is 5.69 Å². The van der Waals surface area contributed by atoms with Crippen molar-refractivity contribution in [3.05, 3.63) is 53.6 Å². The van der Waals surface area contributed by atoms with Gasteiger partial charge in [0.15, 0.2) is 0 Å². The van der Waals surface area contributed by atoms with Crippen LogP contribution in [0.15, 0.2) is 42.5 Å². The largest absolute Gasteiger partial charge is 0.478 e. The lowest BCUT2D eigenvalue weighted by atomic mass is 9.81. The van der Waals surface area contributed by atoms with E-state index in [0.717, 1.165) is 37.6 Å². The summed E-state index contributed by atoms with van der Waals surface area (Å²) in [6.07, 6.45) is 8.91. The fourth-order valence-electron chi connectivity index (χ4n) is 7.11. The van der Waals surface area contributed by atoms with Crippen LogP contribution >= 0.6 is 0 Å². The van der Waals surface area contributed by atoms with Crippen LogP contribution in [0, 0.1) is 5.92 Å². The third kappa shape index (κ3) is 4.21. The van der Waals surface area contributed by atoms with Gasteiger partial charge in [-0.15, -0.1) is 0 Å². The van der Waals surface area contributed by atoms with Gasteiger partial charge >= 0.3 is 5.97 Å². The molecule has 0 amide bonds. The maximum Gasteiger partial charge on any atom is 0.335 e. The Kier molecular flexibility index (Phi) is 6.51. The van der Waals surface area contributed by atoms with Gasteiger partial charge in [-0.1, -0.05) is 50.5 Å². The number of hydrogen-bond donors (Lipinski definition) is 1. The second kappa shape index (κ2) is 9.93. The average Bonchev–Trinajstić information content (AvgIpc) is 3.16.